The number of hydrogen-bond donors (Lipinski definition) is 2. The van der Waals surface area contributed by atoms with Gasteiger partial charge in [0.05, 0.1) is 13.2 Å². The summed E-state index contributed by atoms with van der Waals surface area (Å²) in [4.78, 5) is 0. The Morgan fingerprint density at radius 2 is 1.00 bits per heavy atom. The van der Waals surface area contributed by atoms with Gasteiger partial charge in [0, 0.05) is 24.9 Å². The van der Waals surface area contributed by atoms with Crippen molar-refractivity contribution in [1.82, 2.24) is 19.5 Å². The Morgan fingerprint density at radius 3 is 1.14 bits per heavy atom. The molecule has 10 heteroatoms. The van der Waals surface area contributed by atoms with Crippen LogP contribution in [0.15, 0.2) is 0 Å². The summed E-state index contributed by atoms with van der Waals surface area (Å²) in [5, 5.41) is 6.76. The monoisotopic (exact) mass is 472 g/mol. The van der Waals surface area contributed by atoms with Gasteiger partial charge in [0.2, 0.25) is 0 Å². The minimum Gasteiger partial charge on any atom is -0.326 e. The van der Waals surface area contributed by atoms with E-state index in [1.807, 2.05) is 37.5 Å². The predicted octanol–water partition coefficient (Wildman–Crippen LogP) is 4.11. The molecule has 28 heavy (non-hydrogen) atoms. The van der Waals surface area contributed by atoms with Crippen LogP contribution in [0.25, 0.3) is 0 Å². The zero-order chi connectivity index (χ0) is 22.0. The first-order valence-corrected chi connectivity index (χ1v) is 15.2. The van der Waals surface area contributed by atoms with Crippen molar-refractivity contribution in [1.29, 1.82) is 0 Å². The number of rotatable bonds is 2. The van der Waals surface area contributed by atoms with Gasteiger partial charge in [-0.1, -0.05) is 41.5 Å². The zero-order valence-electron chi connectivity index (χ0n) is 19.4. The Hall–Kier alpha value is 1.06. The van der Waals surface area contributed by atoms with Crippen molar-refractivity contribution >= 4 is 36.7 Å². The third-order valence-corrected chi connectivity index (χ3v) is 13.1. The van der Waals surface area contributed by atoms with Gasteiger partial charge in [0.15, 0.2) is 13.1 Å². The number of hydrogen-bond acceptors (Lipinski definition) is 4. The van der Waals surface area contributed by atoms with E-state index >= 15 is 0 Å². The van der Waals surface area contributed by atoms with Crippen molar-refractivity contribution in [2.24, 2.45) is 22.7 Å². The van der Waals surface area contributed by atoms with Gasteiger partial charge in [-0.15, -0.1) is 0 Å². The molecule has 2 fully saturated rings. The molecule has 0 aromatic carbocycles. The molecule has 2 aliphatic heterocycles. The van der Waals surface area contributed by atoms with Crippen LogP contribution in [0.1, 0.15) is 41.5 Å². The normalized spacial score (nSPS) is 34.9. The summed E-state index contributed by atoms with van der Waals surface area (Å²) in [5.74, 6) is 1.11. The van der Waals surface area contributed by atoms with Gasteiger partial charge in [-0.3, -0.25) is 10.2 Å². The SMILES string of the molecule is CN(C)P1(=S)NCC(C(C)(C)C)CO1.CN(C)P1(=S)NCC(C(C)(C)C)CO1. The van der Waals surface area contributed by atoms with Crippen molar-refractivity contribution in [3.8, 4) is 0 Å². The molecule has 6 nitrogen and oxygen atoms in total. The maximum atomic E-state index is 5.81. The van der Waals surface area contributed by atoms with Gasteiger partial charge in [-0.05, 0) is 62.6 Å². The van der Waals surface area contributed by atoms with Crippen molar-refractivity contribution in [2.75, 3.05) is 54.5 Å². The van der Waals surface area contributed by atoms with Crippen LogP contribution in [-0.4, -0.2) is 63.8 Å². The average molecular weight is 473 g/mol. The Bertz CT molecular complexity index is 527. The van der Waals surface area contributed by atoms with Gasteiger partial charge in [0.25, 0.3) is 0 Å². The average Bonchev–Trinajstić information content (AvgIpc) is 2.54. The zero-order valence-corrected chi connectivity index (χ0v) is 22.8. The molecule has 2 rings (SSSR count). The minimum absolute atomic E-state index is 0.292. The highest BCUT2D eigenvalue weighted by Gasteiger charge is 2.35. The van der Waals surface area contributed by atoms with Crippen molar-refractivity contribution in [3.05, 3.63) is 0 Å². The summed E-state index contributed by atoms with van der Waals surface area (Å²) in [5.41, 5.74) is 0.583. The molecule has 0 radical (unpaired) electrons. The van der Waals surface area contributed by atoms with E-state index in [0.29, 0.717) is 22.7 Å². The van der Waals surface area contributed by atoms with Crippen LogP contribution >= 0.6 is 13.1 Å². The van der Waals surface area contributed by atoms with Crippen LogP contribution in [-0.2, 0) is 32.7 Å². The molecule has 0 aromatic rings. The largest absolute Gasteiger partial charge is 0.326 e. The van der Waals surface area contributed by atoms with E-state index in [-0.39, 0.29) is 0 Å². The van der Waals surface area contributed by atoms with Crippen LogP contribution in [0.2, 0.25) is 0 Å². The lowest BCUT2D eigenvalue weighted by Gasteiger charge is -2.41. The molecule has 0 aromatic heterocycles. The summed E-state index contributed by atoms with van der Waals surface area (Å²) in [6.07, 6.45) is 0. The van der Waals surface area contributed by atoms with E-state index in [2.05, 4.69) is 51.7 Å². The lowest BCUT2D eigenvalue weighted by Crippen LogP contribution is -2.41. The standard InChI is InChI=1S/2C9H21N2OPS/c2*1-9(2,3)8-6-10-13(14,11(4)5)12-7-8/h2*8H,6-7H2,1-5H3,(H,10,14). The maximum Gasteiger partial charge on any atom is 0.200 e. The molecule has 2 N–H and O–H groups in total. The quantitative estimate of drug-likeness (QED) is 0.583. The lowest BCUT2D eigenvalue weighted by molar-refractivity contribution is 0.130. The van der Waals surface area contributed by atoms with Crippen molar-refractivity contribution in [3.63, 3.8) is 0 Å². The Kier molecular flexibility index (Phi) is 9.79. The topological polar surface area (TPSA) is 49.0 Å². The van der Waals surface area contributed by atoms with Gasteiger partial charge >= 0.3 is 0 Å². The Balaban J connectivity index is 0.000000280. The fourth-order valence-corrected chi connectivity index (χ4v) is 6.36. The molecular weight excluding hydrogens is 430 g/mol. The van der Waals surface area contributed by atoms with E-state index in [1.165, 1.54) is 0 Å². The smallest absolute Gasteiger partial charge is 0.200 e. The van der Waals surface area contributed by atoms with E-state index < -0.39 is 13.1 Å². The fourth-order valence-electron chi connectivity index (χ4n) is 2.67. The van der Waals surface area contributed by atoms with Crippen molar-refractivity contribution in [2.45, 2.75) is 41.5 Å². The molecule has 0 spiro atoms. The first-order valence-electron chi connectivity index (χ1n) is 9.86. The summed E-state index contributed by atoms with van der Waals surface area (Å²) in [6.45, 7) is 13.2. The highest BCUT2D eigenvalue weighted by Crippen LogP contribution is 2.50. The third-order valence-electron chi connectivity index (χ3n) is 5.48. The van der Waals surface area contributed by atoms with E-state index in [0.717, 1.165) is 26.3 Å². The first-order chi connectivity index (χ1) is 12.5. The van der Waals surface area contributed by atoms with Gasteiger partial charge in [0.1, 0.15) is 0 Å². The summed E-state index contributed by atoms with van der Waals surface area (Å²) in [7, 11) is 7.91. The van der Waals surface area contributed by atoms with E-state index in [9.17, 15) is 0 Å². The molecule has 2 saturated heterocycles. The van der Waals surface area contributed by atoms with Crippen LogP contribution in [0, 0.1) is 22.7 Å². The molecule has 2 aliphatic rings. The highest BCUT2D eigenvalue weighted by molar-refractivity contribution is 8.10. The summed E-state index contributed by atoms with van der Waals surface area (Å²) in [6, 6.07) is 0. The van der Waals surface area contributed by atoms with Crippen LogP contribution in [0.5, 0.6) is 0 Å². The molecular formula is C18H42N4O2P2S2. The van der Waals surface area contributed by atoms with E-state index in [4.69, 9.17) is 32.7 Å². The second-order valence-corrected chi connectivity index (χ2v) is 18.0. The predicted molar refractivity (Wildman–Crippen MR) is 130 cm³/mol. The van der Waals surface area contributed by atoms with Gasteiger partial charge in [-0.2, -0.15) is 0 Å². The summed E-state index contributed by atoms with van der Waals surface area (Å²) < 4.78 is 15.6. The molecule has 0 saturated carbocycles. The molecule has 4 unspecified atom stereocenters. The minimum atomic E-state index is -1.88. The summed E-state index contributed by atoms with van der Waals surface area (Å²) >= 11 is 10.9. The maximum absolute atomic E-state index is 5.81. The highest BCUT2D eigenvalue weighted by atomic mass is 32.5. The number of nitrogens with one attached hydrogen (secondary N) is 2. The molecule has 4 atom stereocenters. The molecule has 168 valence electrons. The molecule has 0 aliphatic carbocycles. The van der Waals surface area contributed by atoms with Crippen LogP contribution < -0.4 is 10.2 Å². The number of nitrogens with zero attached hydrogens (tertiary/aromatic N) is 2. The van der Waals surface area contributed by atoms with Gasteiger partial charge < -0.3 is 9.05 Å². The second kappa shape index (κ2) is 10.1. The molecule has 0 amide bonds. The molecule has 2 heterocycles. The Labute approximate surface area is 183 Å². The van der Waals surface area contributed by atoms with E-state index in [1.54, 1.807) is 0 Å². The lowest BCUT2D eigenvalue weighted by atomic mass is 9.81. The van der Waals surface area contributed by atoms with Crippen LogP contribution in [0.4, 0.5) is 0 Å². The van der Waals surface area contributed by atoms with Crippen LogP contribution in [0.3, 0.4) is 0 Å². The first kappa shape index (κ1) is 27.1. The molecule has 0 bridgehead atoms. The fraction of sp³-hybridized carbons (Fsp3) is 1.00. The Morgan fingerprint density at radius 1 is 0.714 bits per heavy atom. The third kappa shape index (κ3) is 7.64. The van der Waals surface area contributed by atoms with Crippen molar-refractivity contribution < 1.29 is 9.05 Å². The van der Waals surface area contributed by atoms with Gasteiger partial charge in [-0.25, -0.2) is 9.34 Å². The second-order valence-electron chi connectivity index (χ2n) is 10.2.